The fraction of sp³-hybridized carbons (Fsp3) is 0.417. The average molecular weight is 414 g/mol. The summed E-state index contributed by atoms with van der Waals surface area (Å²) in [5.41, 5.74) is 1.79. The minimum Gasteiger partial charge on any atom is -0.468 e. The van der Waals surface area contributed by atoms with E-state index >= 15 is 0 Å². The smallest absolute Gasteiger partial charge is 0.117 e. The van der Waals surface area contributed by atoms with Crippen molar-refractivity contribution in [2.24, 2.45) is 0 Å². The van der Waals surface area contributed by atoms with Crippen molar-refractivity contribution in [1.82, 2.24) is 4.90 Å². The van der Waals surface area contributed by atoms with Gasteiger partial charge in [0, 0.05) is 7.11 Å². The summed E-state index contributed by atoms with van der Waals surface area (Å²) < 4.78 is 16.9. The minimum absolute atomic E-state index is 0.426. The van der Waals surface area contributed by atoms with Crippen LogP contribution in [0, 0.1) is 11.8 Å². The summed E-state index contributed by atoms with van der Waals surface area (Å²) in [5, 5.41) is 4.17. The normalized spacial score (nSPS) is 12.5. The molecule has 0 radical (unpaired) electrons. The highest BCUT2D eigenvalue weighted by atomic mass is 32.1. The number of thiophene rings is 1. The molecule has 0 N–H and O–H groups in total. The van der Waals surface area contributed by atoms with Crippen molar-refractivity contribution >= 4 is 17.4 Å². The Balaban J connectivity index is 1.89. The number of nitrogens with zero attached hydrogens (tertiary/aromatic N) is 1. The predicted molar refractivity (Wildman–Crippen MR) is 121 cm³/mol. The maximum absolute atomic E-state index is 5.83. The highest BCUT2D eigenvalue weighted by Crippen LogP contribution is 2.20. The molecule has 2 heterocycles. The van der Waals surface area contributed by atoms with Gasteiger partial charge in [0.2, 0.25) is 0 Å². The van der Waals surface area contributed by atoms with Crippen molar-refractivity contribution in [3.63, 3.8) is 0 Å². The number of furan rings is 1. The number of hydrogen-bond acceptors (Lipinski definition) is 5. The van der Waals surface area contributed by atoms with Gasteiger partial charge in [-0.05, 0) is 66.6 Å². The zero-order chi connectivity index (χ0) is 21.0. The molecule has 0 bridgehead atoms. The molecule has 0 atom stereocenters. The number of rotatable bonds is 11. The van der Waals surface area contributed by atoms with E-state index in [9.17, 15) is 0 Å². The van der Waals surface area contributed by atoms with Crippen LogP contribution in [0.1, 0.15) is 32.1 Å². The third-order valence-electron chi connectivity index (χ3n) is 4.67. The Hall–Kier alpha value is -2.10. The largest absolute Gasteiger partial charge is 0.468 e. The molecule has 0 saturated heterocycles. The molecule has 5 heteroatoms. The Bertz CT molecular complexity index is 808. The minimum atomic E-state index is -0.426. The van der Waals surface area contributed by atoms with E-state index in [1.165, 1.54) is 5.56 Å². The van der Waals surface area contributed by atoms with Gasteiger partial charge < -0.3 is 13.9 Å². The number of ether oxygens (including phenoxy) is 2. The van der Waals surface area contributed by atoms with Gasteiger partial charge in [0.1, 0.15) is 5.76 Å². The summed E-state index contributed by atoms with van der Waals surface area (Å²) in [6, 6.07) is 5.98. The van der Waals surface area contributed by atoms with E-state index in [2.05, 4.69) is 46.6 Å². The second kappa shape index (κ2) is 12.5. The van der Waals surface area contributed by atoms with Gasteiger partial charge in [0.05, 0.1) is 38.2 Å². The molecule has 2 aromatic heterocycles. The molecular formula is C24H31NO3S. The first-order valence-corrected chi connectivity index (χ1v) is 10.7. The van der Waals surface area contributed by atoms with Crippen LogP contribution in [-0.2, 0) is 16.0 Å². The van der Waals surface area contributed by atoms with Crippen molar-refractivity contribution in [2.75, 3.05) is 33.4 Å². The summed E-state index contributed by atoms with van der Waals surface area (Å²) in [5.74, 6) is 7.36. The van der Waals surface area contributed by atoms with E-state index in [0.29, 0.717) is 19.8 Å². The molecule has 2 aromatic rings. The van der Waals surface area contributed by atoms with E-state index in [4.69, 9.17) is 13.9 Å². The summed E-state index contributed by atoms with van der Waals surface area (Å²) in [4.78, 5) is 2.23. The molecule has 4 nitrogen and oxygen atoms in total. The molecule has 0 spiro atoms. The summed E-state index contributed by atoms with van der Waals surface area (Å²) >= 11 is 1.69. The maximum atomic E-state index is 5.83. The second-order valence-electron chi connectivity index (χ2n) is 7.06. The molecule has 29 heavy (non-hydrogen) atoms. The first kappa shape index (κ1) is 23.2. The molecule has 0 saturated carbocycles. The van der Waals surface area contributed by atoms with Crippen LogP contribution in [-0.4, -0.2) is 43.9 Å². The molecule has 0 aliphatic carbocycles. The van der Waals surface area contributed by atoms with Crippen LogP contribution in [0.5, 0.6) is 0 Å². The Morgan fingerprint density at radius 3 is 2.86 bits per heavy atom. The summed E-state index contributed by atoms with van der Waals surface area (Å²) in [6.07, 6.45) is 7.72. The van der Waals surface area contributed by atoms with Crippen LogP contribution in [0.2, 0.25) is 0 Å². The summed E-state index contributed by atoms with van der Waals surface area (Å²) in [6.45, 7) is 9.56. The fourth-order valence-electron chi connectivity index (χ4n) is 2.51. The first-order valence-electron chi connectivity index (χ1n) is 9.79. The van der Waals surface area contributed by atoms with Gasteiger partial charge in [0.15, 0.2) is 0 Å². The van der Waals surface area contributed by atoms with Crippen molar-refractivity contribution in [2.45, 2.75) is 32.9 Å². The van der Waals surface area contributed by atoms with Gasteiger partial charge in [-0.15, -0.1) is 0 Å². The third kappa shape index (κ3) is 8.43. The van der Waals surface area contributed by atoms with Gasteiger partial charge in [0.25, 0.3) is 0 Å². The van der Waals surface area contributed by atoms with Crippen LogP contribution in [0.4, 0.5) is 0 Å². The van der Waals surface area contributed by atoms with Gasteiger partial charge in [-0.25, -0.2) is 0 Å². The lowest BCUT2D eigenvalue weighted by atomic mass is 9.98. The molecule has 0 unspecified atom stereocenters. The standard InChI is InChI=1S/C24H31NO3S/c1-5-25(18-23-12-9-16-28-23)14-7-6-11-22(24(2,3)26-4)19-27-15-8-10-21-13-17-29-20-21/h8-13,16-17,20H,5,14-15,18-19H2,1-4H3. The maximum Gasteiger partial charge on any atom is 0.117 e. The lowest BCUT2D eigenvalue weighted by Crippen LogP contribution is -2.28. The molecule has 0 amide bonds. The second-order valence-corrected chi connectivity index (χ2v) is 7.84. The Kier molecular flexibility index (Phi) is 9.96. The molecular weight excluding hydrogens is 382 g/mol. The predicted octanol–water partition coefficient (Wildman–Crippen LogP) is 5.25. The number of methoxy groups -OCH3 is 1. The Labute approximate surface area is 178 Å². The third-order valence-corrected chi connectivity index (χ3v) is 5.37. The first-order chi connectivity index (χ1) is 14.0. The van der Waals surface area contributed by atoms with Crippen LogP contribution in [0.15, 0.2) is 57.4 Å². The number of hydrogen-bond donors (Lipinski definition) is 0. The molecule has 156 valence electrons. The summed E-state index contributed by atoms with van der Waals surface area (Å²) in [7, 11) is 1.71. The lowest BCUT2D eigenvalue weighted by Gasteiger charge is -2.26. The number of allylic oxidation sites excluding steroid dienone is 1. The van der Waals surface area contributed by atoms with Crippen molar-refractivity contribution in [3.8, 4) is 11.8 Å². The van der Waals surface area contributed by atoms with Crippen molar-refractivity contribution in [3.05, 3.63) is 64.3 Å². The fourth-order valence-corrected chi connectivity index (χ4v) is 3.14. The van der Waals surface area contributed by atoms with E-state index in [-0.39, 0.29) is 0 Å². The molecule has 0 aliphatic rings. The topological polar surface area (TPSA) is 34.8 Å². The molecule has 0 aliphatic heterocycles. The van der Waals surface area contributed by atoms with Gasteiger partial charge in [-0.1, -0.05) is 30.9 Å². The quantitative estimate of drug-likeness (QED) is 0.372. The van der Waals surface area contributed by atoms with Gasteiger partial charge >= 0.3 is 0 Å². The SMILES string of the molecule is CCN(CC#CC=C(COCC=Cc1ccsc1)C(C)(C)OC)Cc1ccco1. The van der Waals surface area contributed by atoms with Gasteiger partial charge in [-0.3, -0.25) is 4.90 Å². The van der Waals surface area contributed by atoms with E-state index in [1.807, 2.05) is 38.1 Å². The van der Waals surface area contributed by atoms with Gasteiger partial charge in [-0.2, -0.15) is 11.3 Å². The van der Waals surface area contributed by atoms with Crippen LogP contribution >= 0.6 is 11.3 Å². The van der Waals surface area contributed by atoms with E-state index in [0.717, 1.165) is 24.4 Å². The van der Waals surface area contributed by atoms with Crippen LogP contribution in [0.3, 0.4) is 0 Å². The van der Waals surface area contributed by atoms with Crippen LogP contribution < -0.4 is 0 Å². The highest BCUT2D eigenvalue weighted by Gasteiger charge is 2.22. The molecule has 0 fully saturated rings. The van der Waals surface area contributed by atoms with E-state index in [1.54, 1.807) is 24.7 Å². The van der Waals surface area contributed by atoms with Crippen LogP contribution in [0.25, 0.3) is 6.08 Å². The highest BCUT2D eigenvalue weighted by molar-refractivity contribution is 7.08. The molecule has 2 rings (SSSR count). The monoisotopic (exact) mass is 413 g/mol. The van der Waals surface area contributed by atoms with E-state index < -0.39 is 5.60 Å². The lowest BCUT2D eigenvalue weighted by molar-refractivity contribution is 0.0387. The Morgan fingerprint density at radius 1 is 1.34 bits per heavy atom. The van der Waals surface area contributed by atoms with Crippen molar-refractivity contribution < 1.29 is 13.9 Å². The Morgan fingerprint density at radius 2 is 2.21 bits per heavy atom. The van der Waals surface area contributed by atoms with Crippen molar-refractivity contribution in [1.29, 1.82) is 0 Å². The zero-order valence-electron chi connectivity index (χ0n) is 17.8. The zero-order valence-corrected chi connectivity index (χ0v) is 18.6. The average Bonchev–Trinajstić information content (AvgIpc) is 3.42. The molecule has 0 aromatic carbocycles.